The molecule has 0 fully saturated rings. The molecule has 0 radical (unpaired) electrons. The Bertz CT molecular complexity index is 793. The van der Waals surface area contributed by atoms with Gasteiger partial charge in [-0.05, 0) is 17.7 Å². The minimum atomic E-state index is 0.649. The molecule has 2 heterocycles. The van der Waals surface area contributed by atoms with Crippen LogP contribution in [0.1, 0.15) is 5.56 Å². The topological polar surface area (TPSA) is 57.2 Å². The molecule has 0 amide bonds. The molecule has 5 nitrogen and oxygen atoms in total. The van der Waals surface area contributed by atoms with Gasteiger partial charge in [0.25, 0.3) is 0 Å². The van der Waals surface area contributed by atoms with E-state index in [0.717, 1.165) is 29.5 Å². The predicted octanol–water partition coefficient (Wildman–Crippen LogP) is 2.53. The number of hydrogen-bond acceptors (Lipinski definition) is 5. The van der Waals surface area contributed by atoms with Crippen molar-refractivity contribution in [2.24, 2.45) is 15.9 Å². The van der Waals surface area contributed by atoms with E-state index in [4.69, 9.17) is 5.73 Å². The second kappa shape index (κ2) is 5.61. The van der Waals surface area contributed by atoms with Crippen molar-refractivity contribution < 1.29 is 0 Å². The van der Waals surface area contributed by atoms with Gasteiger partial charge in [0.05, 0.1) is 18.5 Å². The van der Waals surface area contributed by atoms with Crippen LogP contribution in [0.4, 0.5) is 5.69 Å². The maximum absolute atomic E-state index is 6.36. The van der Waals surface area contributed by atoms with E-state index in [9.17, 15) is 0 Å². The molecule has 0 atom stereocenters. The van der Waals surface area contributed by atoms with Crippen LogP contribution in [-0.2, 0) is 6.54 Å². The second-order valence-corrected chi connectivity index (χ2v) is 5.56. The predicted molar refractivity (Wildman–Crippen MR) is 92.9 cm³/mol. The zero-order valence-electron chi connectivity index (χ0n) is 12.6. The van der Waals surface area contributed by atoms with Crippen molar-refractivity contribution in [2.75, 3.05) is 11.6 Å². The first-order valence-corrected chi connectivity index (χ1v) is 7.55. The van der Waals surface area contributed by atoms with Gasteiger partial charge >= 0.3 is 0 Å². The number of anilines is 1. The van der Waals surface area contributed by atoms with Crippen LogP contribution in [0, 0.1) is 0 Å². The van der Waals surface area contributed by atoms with Crippen molar-refractivity contribution in [2.45, 2.75) is 6.54 Å². The molecule has 2 aromatic carbocycles. The second-order valence-electron chi connectivity index (χ2n) is 5.56. The Morgan fingerprint density at radius 1 is 0.957 bits per heavy atom. The van der Waals surface area contributed by atoms with Gasteiger partial charge in [-0.1, -0.05) is 48.5 Å². The molecule has 114 valence electrons. The molecule has 4 rings (SSSR count). The summed E-state index contributed by atoms with van der Waals surface area (Å²) in [6.45, 7) is 1.40. The minimum absolute atomic E-state index is 0.649. The summed E-state index contributed by atoms with van der Waals surface area (Å²) < 4.78 is 0. The van der Waals surface area contributed by atoms with E-state index in [1.165, 1.54) is 5.56 Å². The molecule has 0 aromatic heterocycles. The average molecular weight is 303 g/mol. The van der Waals surface area contributed by atoms with Crippen molar-refractivity contribution in [3.8, 4) is 0 Å². The highest BCUT2D eigenvalue weighted by molar-refractivity contribution is 6.24. The number of amidine groups is 1. The van der Waals surface area contributed by atoms with Gasteiger partial charge in [0.15, 0.2) is 5.84 Å². The number of hydrogen-bond donors (Lipinski definition) is 1. The smallest absolute Gasteiger partial charge is 0.169 e. The molecule has 0 spiro atoms. The van der Waals surface area contributed by atoms with Crippen LogP contribution in [0.25, 0.3) is 0 Å². The molecule has 2 aromatic rings. The number of rotatable bonds is 3. The number of nitrogens with two attached hydrogens (primary N) is 1. The van der Waals surface area contributed by atoms with Gasteiger partial charge in [0, 0.05) is 12.2 Å². The molecule has 5 heteroatoms. The van der Waals surface area contributed by atoms with Crippen molar-refractivity contribution in [3.63, 3.8) is 0 Å². The van der Waals surface area contributed by atoms with Gasteiger partial charge < -0.3 is 15.5 Å². The summed E-state index contributed by atoms with van der Waals surface area (Å²) in [5.41, 5.74) is 9.55. The first-order valence-electron chi connectivity index (χ1n) is 7.55. The van der Waals surface area contributed by atoms with E-state index >= 15 is 0 Å². The minimum Gasteiger partial charge on any atom is -0.385 e. The molecular weight excluding hydrogens is 286 g/mol. The van der Waals surface area contributed by atoms with Gasteiger partial charge in [-0.25, -0.2) is 0 Å². The third-order valence-corrected chi connectivity index (χ3v) is 4.05. The molecule has 2 N–H and O–H groups in total. The van der Waals surface area contributed by atoms with Crippen molar-refractivity contribution in [1.29, 1.82) is 0 Å². The van der Waals surface area contributed by atoms with Crippen LogP contribution in [0.2, 0.25) is 0 Å². The first kappa shape index (κ1) is 13.6. The van der Waals surface area contributed by atoms with E-state index < -0.39 is 0 Å². The third-order valence-electron chi connectivity index (χ3n) is 4.05. The highest BCUT2D eigenvalue weighted by Gasteiger charge is 2.31. The van der Waals surface area contributed by atoms with E-state index in [0.29, 0.717) is 6.67 Å². The lowest BCUT2D eigenvalue weighted by Gasteiger charge is -2.38. The molecule has 0 saturated heterocycles. The molecule has 0 unspecified atom stereocenters. The Morgan fingerprint density at radius 2 is 1.65 bits per heavy atom. The Morgan fingerprint density at radius 3 is 2.39 bits per heavy atom. The Hall–Kier alpha value is -3.08. The summed E-state index contributed by atoms with van der Waals surface area (Å²) in [5, 5.41) is 8.31. The fraction of sp³-hybridized carbons (Fsp3) is 0.111. The van der Waals surface area contributed by atoms with Crippen molar-refractivity contribution in [1.82, 2.24) is 4.90 Å². The summed E-state index contributed by atoms with van der Waals surface area (Å²) in [4.78, 5) is 4.29. The van der Waals surface area contributed by atoms with E-state index in [1.54, 1.807) is 6.21 Å². The number of fused-ring (bicyclic) bond motifs is 1. The van der Waals surface area contributed by atoms with Gasteiger partial charge in [0.1, 0.15) is 5.82 Å². The zero-order valence-corrected chi connectivity index (χ0v) is 12.6. The van der Waals surface area contributed by atoms with Crippen LogP contribution >= 0.6 is 0 Å². The fourth-order valence-corrected chi connectivity index (χ4v) is 2.87. The summed E-state index contributed by atoms with van der Waals surface area (Å²) in [6.07, 6.45) is 1.73. The molecular formula is C18H17N5. The average Bonchev–Trinajstić information content (AvgIpc) is 3.09. The summed E-state index contributed by atoms with van der Waals surface area (Å²) in [6, 6.07) is 20.5. The van der Waals surface area contributed by atoms with Gasteiger partial charge in [0.2, 0.25) is 0 Å². The summed E-state index contributed by atoms with van der Waals surface area (Å²) in [7, 11) is 0. The Balaban J connectivity index is 1.70. The van der Waals surface area contributed by atoms with Crippen LogP contribution < -0.4 is 10.6 Å². The first-order chi connectivity index (χ1) is 11.3. The molecule has 0 saturated carbocycles. The van der Waals surface area contributed by atoms with Crippen molar-refractivity contribution >= 4 is 17.7 Å². The van der Waals surface area contributed by atoms with Crippen LogP contribution in [0.3, 0.4) is 0 Å². The van der Waals surface area contributed by atoms with E-state index in [1.807, 2.05) is 36.4 Å². The normalized spacial score (nSPS) is 16.6. The maximum Gasteiger partial charge on any atom is 0.169 e. The van der Waals surface area contributed by atoms with Crippen LogP contribution in [-0.4, -0.2) is 23.6 Å². The fourth-order valence-electron chi connectivity index (χ4n) is 2.87. The lowest BCUT2D eigenvalue weighted by molar-refractivity contribution is 0.336. The highest BCUT2D eigenvalue weighted by atomic mass is 15.4. The lowest BCUT2D eigenvalue weighted by Crippen LogP contribution is -2.48. The number of para-hydroxylation sites is 1. The van der Waals surface area contributed by atoms with E-state index in [2.05, 4.69) is 44.3 Å². The molecule has 2 aliphatic heterocycles. The number of benzene rings is 2. The monoisotopic (exact) mass is 303 g/mol. The molecule has 0 aliphatic carbocycles. The summed E-state index contributed by atoms with van der Waals surface area (Å²) in [5.74, 6) is 1.54. The van der Waals surface area contributed by atoms with Gasteiger partial charge in [-0.15, -0.1) is 5.10 Å². The van der Waals surface area contributed by atoms with Gasteiger partial charge in [-0.2, -0.15) is 5.10 Å². The van der Waals surface area contributed by atoms with E-state index in [-0.39, 0.29) is 0 Å². The summed E-state index contributed by atoms with van der Waals surface area (Å²) >= 11 is 0. The van der Waals surface area contributed by atoms with Crippen LogP contribution in [0.15, 0.2) is 82.3 Å². The standard InChI is InChI=1S/C18H17N5/c19-17-16-11-20-21-18(16)23(15-9-5-2-6-10-15)13-22(17)12-14-7-3-1-4-8-14/h1-11H,12-13,19H2. The quantitative estimate of drug-likeness (QED) is 0.948. The largest absolute Gasteiger partial charge is 0.385 e. The Kier molecular flexibility index (Phi) is 3.31. The SMILES string of the molecule is NC1=C2C=NN=C2N(c2ccccc2)CN1Cc1ccccc1. The molecule has 23 heavy (non-hydrogen) atoms. The molecule has 2 aliphatic rings. The van der Waals surface area contributed by atoms with Gasteiger partial charge in [-0.3, -0.25) is 0 Å². The Labute approximate surface area is 135 Å². The van der Waals surface area contributed by atoms with Crippen molar-refractivity contribution in [3.05, 3.63) is 77.6 Å². The lowest BCUT2D eigenvalue weighted by atomic mass is 10.1. The van der Waals surface area contributed by atoms with Crippen LogP contribution in [0.5, 0.6) is 0 Å². The number of nitrogens with zero attached hydrogens (tertiary/aromatic N) is 4. The third kappa shape index (κ3) is 2.46. The highest BCUT2D eigenvalue weighted by Crippen LogP contribution is 2.26. The maximum atomic E-state index is 6.36. The molecule has 0 bridgehead atoms. The zero-order chi connectivity index (χ0) is 15.6.